The fourth-order valence-corrected chi connectivity index (χ4v) is 2.87. The van der Waals surface area contributed by atoms with Crippen LogP contribution in [-0.4, -0.2) is 72.7 Å². The van der Waals surface area contributed by atoms with Crippen LogP contribution in [0.15, 0.2) is 24.3 Å². The van der Waals surface area contributed by atoms with Crippen LogP contribution in [-0.2, 0) is 4.79 Å². The van der Waals surface area contributed by atoms with Gasteiger partial charge in [0.25, 0.3) is 0 Å². The number of piperazine rings is 1. The zero-order valence-corrected chi connectivity index (χ0v) is 14.8. The molecule has 24 heavy (non-hydrogen) atoms. The Morgan fingerprint density at radius 2 is 1.79 bits per heavy atom. The van der Waals surface area contributed by atoms with Crippen LogP contribution in [0.25, 0.3) is 0 Å². The van der Waals surface area contributed by atoms with Crippen LogP contribution in [0, 0.1) is 5.82 Å². The second-order valence-corrected chi connectivity index (χ2v) is 6.58. The molecule has 1 N–H and O–H groups in total. The van der Waals surface area contributed by atoms with Crippen molar-refractivity contribution >= 4 is 11.6 Å². The first-order valence-electron chi connectivity index (χ1n) is 8.56. The molecule has 1 aromatic rings. The number of rotatable bonds is 6. The van der Waals surface area contributed by atoms with Crippen LogP contribution < -0.4 is 4.90 Å². The quantitative estimate of drug-likeness (QED) is 0.856. The molecule has 134 valence electrons. The summed E-state index contributed by atoms with van der Waals surface area (Å²) in [7, 11) is 1.92. The number of hydrogen-bond donors (Lipinski definition) is 1. The number of hydrogen-bond acceptors (Lipinski definition) is 4. The normalized spacial score (nSPS) is 17.9. The Kier molecular flexibility index (Phi) is 6.57. The summed E-state index contributed by atoms with van der Waals surface area (Å²) in [6.07, 6.45) is 0.306. The van der Waals surface area contributed by atoms with E-state index in [1.807, 2.05) is 23.8 Å². The van der Waals surface area contributed by atoms with Crippen LogP contribution >= 0.6 is 0 Å². The monoisotopic (exact) mass is 337 g/mol. The SMILES string of the molecule is CC(O)CCN(C)C(C)C(=O)N1CCN(c2ccc(F)cc2)CC1. The molecule has 6 heteroatoms. The number of benzene rings is 1. The molecule has 5 nitrogen and oxygen atoms in total. The highest BCUT2D eigenvalue weighted by molar-refractivity contribution is 5.81. The topological polar surface area (TPSA) is 47.0 Å². The van der Waals surface area contributed by atoms with E-state index in [1.165, 1.54) is 12.1 Å². The van der Waals surface area contributed by atoms with Crippen molar-refractivity contribution in [3.05, 3.63) is 30.1 Å². The summed E-state index contributed by atoms with van der Waals surface area (Å²) in [6, 6.07) is 6.29. The van der Waals surface area contributed by atoms with Crippen LogP contribution in [0.1, 0.15) is 20.3 Å². The minimum absolute atomic E-state index is 0.127. The van der Waals surface area contributed by atoms with Gasteiger partial charge in [0.1, 0.15) is 5.82 Å². The average Bonchev–Trinajstić information content (AvgIpc) is 2.59. The minimum atomic E-state index is -0.353. The molecule has 2 rings (SSSR count). The lowest BCUT2D eigenvalue weighted by molar-refractivity contribution is -0.136. The summed E-state index contributed by atoms with van der Waals surface area (Å²) in [5.74, 6) is -0.108. The number of nitrogens with zero attached hydrogens (tertiary/aromatic N) is 3. The first-order chi connectivity index (χ1) is 11.4. The van der Waals surface area contributed by atoms with Gasteiger partial charge in [-0.15, -0.1) is 0 Å². The molecule has 1 aliphatic rings. The molecule has 1 saturated heterocycles. The van der Waals surface area contributed by atoms with Gasteiger partial charge in [-0.3, -0.25) is 9.69 Å². The van der Waals surface area contributed by atoms with Crippen molar-refractivity contribution < 1.29 is 14.3 Å². The number of aliphatic hydroxyl groups excluding tert-OH is 1. The van der Waals surface area contributed by atoms with E-state index >= 15 is 0 Å². The molecule has 2 atom stereocenters. The molecule has 0 aliphatic carbocycles. The summed E-state index contributed by atoms with van der Waals surface area (Å²) in [5.41, 5.74) is 0.991. The van der Waals surface area contributed by atoms with E-state index in [0.29, 0.717) is 26.1 Å². The lowest BCUT2D eigenvalue weighted by Gasteiger charge is -2.38. The predicted octanol–water partition coefficient (Wildman–Crippen LogP) is 1.57. The maximum Gasteiger partial charge on any atom is 0.239 e. The lowest BCUT2D eigenvalue weighted by Crippen LogP contribution is -2.54. The molecule has 1 heterocycles. The van der Waals surface area contributed by atoms with E-state index in [0.717, 1.165) is 18.8 Å². The number of aliphatic hydroxyl groups is 1. The third-order valence-electron chi connectivity index (χ3n) is 4.70. The lowest BCUT2D eigenvalue weighted by atomic mass is 10.2. The maximum absolute atomic E-state index is 13.0. The summed E-state index contributed by atoms with van der Waals surface area (Å²) in [5, 5.41) is 9.37. The average molecular weight is 337 g/mol. The van der Waals surface area contributed by atoms with Crippen LogP contribution in [0.4, 0.5) is 10.1 Å². The Bertz CT molecular complexity index is 528. The van der Waals surface area contributed by atoms with Crippen molar-refractivity contribution in [1.29, 1.82) is 0 Å². The smallest absolute Gasteiger partial charge is 0.239 e. The standard InChI is InChI=1S/C18H28FN3O2/c1-14(23)8-9-20(3)15(2)18(24)22-12-10-21(11-13-22)17-6-4-16(19)5-7-17/h4-7,14-15,23H,8-13H2,1-3H3. The third-order valence-corrected chi connectivity index (χ3v) is 4.70. The van der Waals surface area contributed by atoms with Gasteiger partial charge in [0.05, 0.1) is 12.1 Å². The van der Waals surface area contributed by atoms with Gasteiger partial charge in [0, 0.05) is 38.4 Å². The van der Waals surface area contributed by atoms with Gasteiger partial charge in [0.15, 0.2) is 0 Å². The van der Waals surface area contributed by atoms with Crippen LogP contribution in [0.2, 0.25) is 0 Å². The number of anilines is 1. The van der Waals surface area contributed by atoms with E-state index in [-0.39, 0.29) is 23.9 Å². The Morgan fingerprint density at radius 3 is 2.33 bits per heavy atom. The number of amides is 1. The Labute approximate surface area is 143 Å². The highest BCUT2D eigenvalue weighted by Gasteiger charge is 2.27. The highest BCUT2D eigenvalue weighted by Crippen LogP contribution is 2.17. The Hall–Kier alpha value is -1.66. The van der Waals surface area contributed by atoms with E-state index in [4.69, 9.17) is 0 Å². The Balaban J connectivity index is 1.84. The van der Waals surface area contributed by atoms with Crippen molar-refractivity contribution in [2.75, 3.05) is 44.7 Å². The van der Waals surface area contributed by atoms with Crippen molar-refractivity contribution in [1.82, 2.24) is 9.80 Å². The summed E-state index contributed by atoms with van der Waals surface area (Å²) in [6.45, 7) is 7.21. The molecule has 1 aromatic carbocycles. The molecule has 0 spiro atoms. The van der Waals surface area contributed by atoms with E-state index in [9.17, 15) is 14.3 Å². The largest absolute Gasteiger partial charge is 0.393 e. The van der Waals surface area contributed by atoms with Crippen molar-refractivity contribution in [2.45, 2.75) is 32.4 Å². The molecule has 0 aromatic heterocycles. The van der Waals surface area contributed by atoms with Gasteiger partial charge in [0.2, 0.25) is 5.91 Å². The molecule has 0 bridgehead atoms. The minimum Gasteiger partial charge on any atom is -0.393 e. The molecule has 0 saturated carbocycles. The molecule has 1 aliphatic heterocycles. The number of carbonyl (C=O) groups excluding carboxylic acids is 1. The van der Waals surface area contributed by atoms with Gasteiger partial charge in [-0.2, -0.15) is 0 Å². The zero-order chi connectivity index (χ0) is 17.7. The van der Waals surface area contributed by atoms with Gasteiger partial charge < -0.3 is 14.9 Å². The first-order valence-corrected chi connectivity index (χ1v) is 8.56. The summed E-state index contributed by atoms with van der Waals surface area (Å²) >= 11 is 0. The van der Waals surface area contributed by atoms with E-state index < -0.39 is 0 Å². The van der Waals surface area contributed by atoms with Crippen LogP contribution in [0.3, 0.4) is 0 Å². The van der Waals surface area contributed by atoms with Gasteiger partial charge in [-0.25, -0.2) is 4.39 Å². The second kappa shape index (κ2) is 8.44. The zero-order valence-electron chi connectivity index (χ0n) is 14.8. The molecule has 1 amide bonds. The number of carbonyl (C=O) groups is 1. The predicted molar refractivity (Wildman–Crippen MR) is 93.6 cm³/mol. The number of likely N-dealkylation sites (N-methyl/N-ethyl adjacent to an activating group) is 1. The van der Waals surface area contributed by atoms with Crippen molar-refractivity contribution in [2.24, 2.45) is 0 Å². The summed E-state index contributed by atoms with van der Waals surface area (Å²) in [4.78, 5) is 18.7. The molecule has 2 unspecified atom stereocenters. The molecule has 0 radical (unpaired) electrons. The molecule has 1 fully saturated rings. The molecular formula is C18H28FN3O2. The van der Waals surface area contributed by atoms with Gasteiger partial charge in [-0.05, 0) is 51.6 Å². The van der Waals surface area contributed by atoms with Crippen LogP contribution in [0.5, 0.6) is 0 Å². The van der Waals surface area contributed by atoms with E-state index in [1.54, 1.807) is 19.1 Å². The molecular weight excluding hydrogens is 309 g/mol. The van der Waals surface area contributed by atoms with E-state index in [2.05, 4.69) is 4.90 Å². The fraction of sp³-hybridized carbons (Fsp3) is 0.611. The number of halogens is 1. The maximum atomic E-state index is 13.0. The highest BCUT2D eigenvalue weighted by atomic mass is 19.1. The third kappa shape index (κ3) is 4.92. The van der Waals surface area contributed by atoms with Gasteiger partial charge >= 0.3 is 0 Å². The fourth-order valence-electron chi connectivity index (χ4n) is 2.87. The Morgan fingerprint density at radius 1 is 1.21 bits per heavy atom. The first kappa shape index (κ1) is 18.7. The van der Waals surface area contributed by atoms with Gasteiger partial charge in [-0.1, -0.05) is 0 Å². The summed E-state index contributed by atoms with van der Waals surface area (Å²) < 4.78 is 13.0. The van der Waals surface area contributed by atoms with Crippen molar-refractivity contribution in [3.8, 4) is 0 Å². The van der Waals surface area contributed by atoms with Crippen molar-refractivity contribution in [3.63, 3.8) is 0 Å². The second-order valence-electron chi connectivity index (χ2n) is 6.58.